The average molecular weight is 264 g/mol. The number of anilines is 1. The predicted octanol–water partition coefficient (Wildman–Crippen LogP) is 3.28. The minimum atomic E-state index is -0.432. The summed E-state index contributed by atoms with van der Waals surface area (Å²) in [5.74, 6) is 0.396. The van der Waals surface area contributed by atoms with E-state index in [1.807, 2.05) is 18.7 Å². The first kappa shape index (κ1) is 15.1. The third kappa shape index (κ3) is 3.77. The van der Waals surface area contributed by atoms with Gasteiger partial charge in [-0.3, -0.25) is 14.9 Å². The molecule has 1 aromatic rings. The molecule has 5 nitrogen and oxygen atoms in total. The van der Waals surface area contributed by atoms with Crippen molar-refractivity contribution in [3.05, 3.63) is 33.9 Å². The lowest BCUT2D eigenvalue weighted by Gasteiger charge is -2.30. The normalized spacial score (nSPS) is 10.8. The van der Waals surface area contributed by atoms with E-state index in [-0.39, 0.29) is 11.7 Å². The fraction of sp³-hybridized carbons (Fsp3) is 0.500. The van der Waals surface area contributed by atoms with Crippen molar-refractivity contribution in [1.82, 2.24) is 0 Å². The number of hydrogen-bond donors (Lipinski definition) is 0. The van der Waals surface area contributed by atoms with E-state index in [0.717, 1.165) is 6.54 Å². The fourth-order valence-electron chi connectivity index (χ4n) is 1.98. The van der Waals surface area contributed by atoms with Crippen molar-refractivity contribution >= 4 is 17.7 Å². The van der Waals surface area contributed by atoms with Crippen LogP contribution in [0.2, 0.25) is 0 Å². The van der Waals surface area contributed by atoms with Gasteiger partial charge in [-0.15, -0.1) is 0 Å². The number of carbonyl (C=O) groups is 1. The molecule has 0 aliphatic rings. The quantitative estimate of drug-likeness (QED) is 0.449. The van der Waals surface area contributed by atoms with Crippen LogP contribution in [0.25, 0.3) is 0 Å². The van der Waals surface area contributed by atoms with Crippen molar-refractivity contribution < 1.29 is 9.72 Å². The summed E-state index contributed by atoms with van der Waals surface area (Å²) in [6.45, 7) is 8.88. The lowest BCUT2D eigenvalue weighted by Crippen LogP contribution is -2.34. The maximum absolute atomic E-state index is 11.2. The van der Waals surface area contributed by atoms with Crippen LogP contribution in [0.15, 0.2) is 18.2 Å². The molecule has 0 fully saturated rings. The van der Waals surface area contributed by atoms with Gasteiger partial charge in [0.25, 0.3) is 5.69 Å². The highest BCUT2D eigenvalue weighted by atomic mass is 16.6. The number of benzene rings is 1. The van der Waals surface area contributed by atoms with Gasteiger partial charge in [-0.25, -0.2) is 0 Å². The third-order valence-corrected chi connectivity index (χ3v) is 2.83. The molecule has 0 atom stereocenters. The van der Waals surface area contributed by atoms with Gasteiger partial charge < -0.3 is 4.90 Å². The molecular weight excluding hydrogens is 244 g/mol. The molecule has 0 amide bonds. The van der Waals surface area contributed by atoms with Crippen LogP contribution in [-0.4, -0.2) is 23.8 Å². The summed E-state index contributed by atoms with van der Waals surface area (Å²) < 4.78 is 0. The van der Waals surface area contributed by atoms with Crippen LogP contribution >= 0.6 is 0 Å². The molecule has 0 spiro atoms. The summed E-state index contributed by atoms with van der Waals surface area (Å²) in [5.41, 5.74) is 0.877. The Balaban J connectivity index is 3.28. The van der Waals surface area contributed by atoms with Gasteiger partial charge in [0, 0.05) is 24.2 Å². The van der Waals surface area contributed by atoms with Crippen LogP contribution in [0.5, 0.6) is 0 Å². The molecular formula is C14H20N2O3. The van der Waals surface area contributed by atoms with Gasteiger partial charge in [0.05, 0.1) is 4.92 Å². The zero-order chi connectivity index (χ0) is 14.6. The van der Waals surface area contributed by atoms with Gasteiger partial charge in [0.2, 0.25) is 0 Å². The average Bonchev–Trinajstić information content (AvgIpc) is 2.34. The Morgan fingerprint density at radius 1 is 1.32 bits per heavy atom. The molecule has 0 heterocycles. The second-order valence-electron chi connectivity index (χ2n) is 5.26. The lowest BCUT2D eigenvalue weighted by molar-refractivity contribution is -0.384. The minimum absolute atomic E-state index is 0.0149. The Labute approximate surface area is 113 Å². The molecule has 1 rings (SSSR count). The van der Waals surface area contributed by atoms with E-state index in [2.05, 4.69) is 13.8 Å². The molecule has 0 aliphatic heterocycles. The number of aldehydes is 1. The van der Waals surface area contributed by atoms with Gasteiger partial charge in [-0.2, -0.15) is 0 Å². The molecule has 0 radical (unpaired) electrons. The largest absolute Gasteiger partial charge is 0.363 e. The van der Waals surface area contributed by atoms with Crippen LogP contribution in [0.1, 0.15) is 38.1 Å². The van der Waals surface area contributed by atoms with Crippen molar-refractivity contribution in [2.45, 2.75) is 33.7 Å². The zero-order valence-electron chi connectivity index (χ0n) is 11.8. The summed E-state index contributed by atoms with van der Waals surface area (Å²) >= 11 is 0. The topological polar surface area (TPSA) is 63.5 Å². The van der Waals surface area contributed by atoms with Gasteiger partial charge >= 0.3 is 0 Å². The van der Waals surface area contributed by atoms with E-state index >= 15 is 0 Å². The van der Waals surface area contributed by atoms with Crippen LogP contribution in [-0.2, 0) is 0 Å². The summed E-state index contributed by atoms with van der Waals surface area (Å²) in [6, 6.07) is 4.76. The number of hydrogen-bond acceptors (Lipinski definition) is 4. The summed E-state index contributed by atoms with van der Waals surface area (Å²) in [6.07, 6.45) is 0.624. The number of carbonyl (C=O) groups excluding carboxylic acids is 1. The maximum Gasteiger partial charge on any atom is 0.293 e. The Hall–Kier alpha value is -1.91. The summed E-state index contributed by atoms with van der Waals surface area (Å²) in [5, 5.41) is 11.2. The highest BCUT2D eigenvalue weighted by molar-refractivity contribution is 5.79. The predicted molar refractivity (Wildman–Crippen MR) is 75.8 cm³/mol. The number of nitrogens with zero attached hydrogens (tertiary/aromatic N) is 2. The molecule has 0 N–H and O–H groups in total. The second kappa shape index (κ2) is 6.31. The first-order valence-electron chi connectivity index (χ1n) is 6.37. The van der Waals surface area contributed by atoms with Crippen molar-refractivity contribution in [1.29, 1.82) is 0 Å². The standard InChI is InChI=1S/C14H20N2O3/c1-10(2)8-15(11(3)4)13-6-5-12(9-17)7-14(13)16(18)19/h5-7,9-11H,8H2,1-4H3. The highest BCUT2D eigenvalue weighted by Gasteiger charge is 2.22. The second-order valence-corrected chi connectivity index (χ2v) is 5.26. The Morgan fingerprint density at radius 3 is 2.37 bits per heavy atom. The smallest absolute Gasteiger partial charge is 0.293 e. The molecule has 0 bridgehead atoms. The van der Waals surface area contributed by atoms with E-state index in [1.54, 1.807) is 12.1 Å². The Morgan fingerprint density at radius 2 is 1.95 bits per heavy atom. The van der Waals surface area contributed by atoms with E-state index < -0.39 is 4.92 Å². The van der Waals surface area contributed by atoms with Gasteiger partial charge in [-0.1, -0.05) is 13.8 Å². The van der Waals surface area contributed by atoms with Gasteiger partial charge in [-0.05, 0) is 31.9 Å². The Kier molecular flexibility index (Phi) is 5.03. The van der Waals surface area contributed by atoms with Crippen molar-refractivity contribution in [3.63, 3.8) is 0 Å². The van der Waals surface area contributed by atoms with E-state index in [0.29, 0.717) is 23.5 Å². The monoisotopic (exact) mass is 264 g/mol. The number of rotatable bonds is 6. The first-order chi connectivity index (χ1) is 8.86. The molecule has 0 aromatic heterocycles. The molecule has 5 heteroatoms. The first-order valence-corrected chi connectivity index (χ1v) is 6.37. The number of nitro benzene ring substituents is 1. The molecule has 1 aromatic carbocycles. The maximum atomic E-state index is 11.2. The molecule has 19 heavy (non-hydrogen) atoms. The van der Waals surface area contributed by atoms with E-state index in [4.69, 9.17) is 0 Å². The third-order valence-electron chi connectivity index (χ3n) is 2.83. The van der Waals surface area contributed by atoms with Crippen LogP contribution in [0.4, 0.5) is 11.4 Å². The molecule has 0 saturated heterocycles. The van der Waals surface area contributed by atoms with E-state index in [1.165, 1.54) is 6.07 Å². The summed E-state index contributed by atoms with van der Waals surface area (Å²) in [4.78, 5) is 23.5. The molecule has 0 saturated carbocycles. The van der Waals surface area contributed by atoms with Crippen molar-refractivity contribution in [3.8, 4) is 0 Å². The molecule has 104 valence electrons. The number of nitro groups is 1. The van der Waals surface area contributed by atoms with Gasteiger partial charge in [0.1, 0.15) is 12.0 Å². The van der Waals surface area contributed by atoms with Gasteiger partial charge in [0.15, 0.2) is 0 Å². The Bertz CT molecular complexity index is 470. The summed E-state index contributed by atoms with van der Waals surface area (Å²) in [7, 11) is 0. The fourth-order valence-corrected chi connectivity index (χ4v) is 1.98. The zero-order valence-corrected chi connectivity index (χ0v) is 11.8. The van der Waals surface area contributed by atoms with E-state index in [9.17, 15) is 14.9 Å². The lowest BCUT2D eigenvalue weighted by atomic mass is 10.1. The minimum Gasteiger partial charge on any atom is -0.363 e. The van der Waals surface area contributed by atoms with Crippen molar-refractivity contribution in [2.24, 2.45) is 5.92 Å². The SMILES string of the molecule is CC(C)CN(c1ccc(C=O)cc1[N+](=O)[O-])C(C)C. The van der Waals surface area contributed by atoms with Crippen LogP contribution in [0, 0.1) is 16.0 Å². The van der Waals surface area contributed by atoms with Crippen molar-refractivity contribution in [2.75, 3.05) is 11.4 Å². The highest BCUT2D eigenvalue weighted by Crippen LogP contribution is 2.30. The van der Waals surface area contributed by atoms with Crippen LogP contribution < -0.4 is 4.90 Å². The van der Waals surface area contributed by atoms with Crippen LogP contribution in [0.3, 0.4) is 0 Å². The molecule has 0 aliphatic carbocycles. The molecule has 0 unspecified atom stereocenters.